The molecule has 1 fully saturated rings. The molecular formula is C18H19ClN2O2. The summed E-state index contributed by atoms with van der Waals surface area (Å²) in [5.74, 6) is -0.112. The van der Waals surface area contributed by atoms with Crippen LogP contribution in [-0.4, -0.2) is 40.7 Å². The number of rotatable bonds is 5. The van der Waals surface area contributed by atoms with Crippen LogP contribution in [0.4, 0.5) is 0 Å². The summed E-state index contributed by atoms with van der Waals surface area (Å²) in [7, 11) is 1.77. The topological polar surface area (TPSA) is 42.3 Å². The van der Waals surface area contributed by atoms with Gasteiger partial charge in [0, 0.05) is 24.4 Å². The van der Waals surface area contributed by atoms with Crippen LogP contribution in [0.2, 0.25) is 5.02 Å². The van der Waals surface area contributed by atoms with E-state index < -0.39 is 0 Å². The Morgan fingerprint density at radius 1 is 1.17 bits per heavy atom. The van der Waals surface area contributed by atoms with Crippen molar-refractivity contribution in [3.8, 4) is 0 Å². The number of nitrogens with zero attached hydrogens (tertiary/aromatic N) is 2. The van der Waals surface area contributed by atoms with E-state index >= 15 is 0 Å². The second-order valence-corrected chi connectivity index (χ2v) is 6.35. The molecule has 1 aliphatic heterocycles. The summed E-state index contributed by atoms with van der Waals surface area (Å²) in [5, 5.41) is 0.420. The van der Waals surface area contributed by atoms with E-state index in [0.29, 0.717) is 28.4 Å². The second-order valence-electron chi connectivity index (χ2n) is 5.94. The van der Waals surface area contributed by atoms with Crippen molar-refractivity contribution < 1.29 is 9.59 Å². The molecule has 0 unspecified atom stereocenters. The average Bonchev–Trinajstić information content (AvgIpc) is 3.16. The summed E-state index contributed by atoms with van der Waals surface area (Å²) in [6, 6.07) is 8.63. The lowest BCUT2D eigenvalue weighted by atomic mass is 10.1. The lowest BCUT2D eigenvalue weighted by molar-refractivity contribution is 0.0945. The van der Waals surface area contributed by atoms with E-state index in [1.807, 2.05) is 0 Å². The number of aryl methyl sites for hydroxylation is 1. The van der Waals surface area contributed by atoms with Gasteiger partial charge in [0.05, 0.1) is 17.3 Å². The van der Waals surface area contributed by atoms with Gasteiger partial charge in [-0.2, -0.15) is 0 Å². The van der Waals surface area contributed by atoms with Crippen molar-refractivity contribution in [2.45, 2.75) is 12.8 Å². The van der Waals surface area contributed by atoms with Gasteiger partial charge in [-0.05, 0) is 44.1 Å². The van der Waals surface area contributed by atoms with Gasteiger partial charge in [-0.3, -0.25) is 14.5 Å². The lowest BCUT2D eigenvalue weighted by Gasteiger charge is -2.12. The minimum atomic E-state index is -0.168. The molecule has 23 heavy (non-hydrogen) atoms. The summed E-state index contributed by atoms with van der Waals surface area (Å²) in [5.41, 5.74) is 1.51. The van der Waals surface area contributed by atoms with Crippen LogP contribution in [0.5, 0.6) is 0 Å². The number of Topliss-reactive ketones (excluding diaryl/α,β-unsaturated/α-hetero) is 1. The summed E-state index contributed by atoms with van der Waals surface area (Å²) < 4.78 is 1.70. The van der Waals surface area contributed by atoms with E-state index in [4.69, 9.17) is 11.6 Å². The van der Waals surface area contributed by atoms with Crippen LogP contribution in [0.3, 0.4) is 0 Å². The van der Waals surface area contributed by atoms with Gasteiger partial charge in [-0.25, -0.2) is 0 Å². The zero-order valence-electron chi connectivity index (χ0n) is 13.1. The molecule has 0 saturated carbocycles. The number of hydrogen-bond donors (Lipinski definition) is 0. The van der Waals surface area contributed by atoms with E-state index in [1.165, 1.54) is 0 Å². The molecule has 2 heterocycles. The van der Waals surface area contributed by atoms with Crippen molar-refractivity contribution in [3.63, 3.8) is 0 Å². The molecule has 2 aromatic rings. The Kier molecular flexibility index (Phi) is 4.64. The normalized spacial score (nSPS) is 15.0. The van der Waals surface area contributed by atoms with Crippen molar-refractivity contribution in [1.82, 2.24) is 9.47 Å². The fourth-order valence-corrected chi connectivity index (χ4v) is 3.18. The largest absolute Gasteiger partial charge is 0.347 e. The standard InChI is InChI=1S/C18H19ClN2O2/c1-20-11-13(17(22)12-21-8-4-5-9-21)10-16(20)18(23)14-6-2-3-7-15(14)19/h2-3,6-7,10-11H,4-5,8-9,12H2,1H3. The number of aromatic nitrogens is 1. The highest BCUT2D eigenvalue weighted by Gasteiger charge is 2.21. The van der Waals surface area contributed by atoms with E-state index in [2.05, 4.69) is 4.90 Å². The minimum absolute atomic E-state index is 0.0562. The first-order valence-corrected chi connectivity index (χ1v) is 8.15. The molecule has 0 N–H and O–H groups in total. The van der Waals surface area contributed by atoms with E-state index in [1.54, 1.807) is 48.1 Å². The third-order valence-electron chi connectivity index (χ3n) is 4.24. The third-order valence-corrected chi connectivity index (χ3v) is 4.57. The molecule has 0 aliphatic carbocycles. The van der Waals surface area contributed by atoms with Gasteiger partial charge in [-0.1, -0.05) is 23.7 Å². The first-order valence-electron chi connectivity index (χ1n) is 7.77. The molecular weight excluding hydrogens is 312 g/mol. The molecule has 4 nitrogen and oxygen atoms in total. The lowest BCUT2D eigenvalue weighted by Crippen LogP contribution is -2.26. The monoisotopic (exact) mass is 330 g/mol. The zero-order chi connectivity index (χ0) is 16.4. The Morgan fingerprint density at radius 2 is 1.87 bits per heavy atom. The van der Waals surface area contributed by atoms with Crippen LogP contribution in [0.1, 0.15) is 39.3 Å². The van der Waals surface area contributed by atoms with Crippen molar-refractivity contribution >= 4 is 23.2 Å². The minimum Gasteiger partial charge on any atom is -0.347 e. The summed E-state index contributed by atoms with van der Waals surface area (Å²) >= 11 is 6.10. The first kappa shape index (κ1) is 16.0. The second kappa shape index (κ2) is 6.69. The Labute approximate surface area is 140 Å². The Morgan fingerprint density at radius 3 is 2.57 bits per heavy atom. The van der Waals surface area contributed by atoms with Gasteiger partial charge in [0.1, 0.15) is 0 Å². The maximum absolute atomic E-state index is 12.6. The average molecular weight is 331 g/mol. The molecule has 1 saturated heterocycles. The molecule has 120 valence electrons. The van der Waals surface area contributed by atoms with Gasteiger partial charge >= 0.3 is 0 Å². The van der Waals surface area contributed by atoms with Crippen molar-refractivity contribution in [1.29, 1.82) is 0 Å². The van der Waals surface area contributed by atoms with Crippen LogP contribution < -0.4 is 0 Å². The number of benzene rings is 1. The van der Waals surface area contributed by atoms with Crippen LogP contribution in [-0.2, 0) is 7.05 Å². The maximum Gasteiger partial charge on any atom is 0.210 e. The van der Waals surface area contributed by atoms with Crippen LogP contribution in [0, 0.1) is 0 Å². The van der Waals surface area contributed by atoms with Crippen LogP contribution in [0.25, 0.3) is 0 Å². The quantitative estimate of drug-likeness (QED) is 0.791. The number of carbonyl (C=O) groups is 2. The molecule has 0 atom stereocenters. The molecule has 0 amide bonds. The molecule has 1 aliphatic rings. The highest BCUT2D eigenvalue weighted by atomic mass is 35.5. The van der Waals surface area contributed by atoms with E-state index in [0.717, 1.165) is 25.9 Å². The predicted molar refractivity (Wildman–Crippen MR) is 90.3 cm³/mol. The molecule has 3 rings (SSSR count). The Hall–Kier alpha value is -1.91. The highest BCUT2D eigenvalue weighted by Crippen LogP contribution is 2.20. The molecule has 1 aromatic carbocycles. The number of carbonyl (C=O) groups excluding carboxylic acids is 2. The van der Waals surface area contributed by atoms with Crippen LogP contribution in [0.15, 0.2) is 36.5 Å². The van der Waals surface area contributed by atoms with Gasteiger partial charge in [-0.15, -0.1) is 0 Å². The molecule has 0 radical (unpaired) electrons. The number of hydrogen-bond acceptors (Lipinski definition) is 3. The summed E-state index contributed by atoms with van der Waals surface area (Å²) in [4.78, 5) is 27.2. The van der Waals surface area contributed by atoms with Crippen molar-refractivity contribution in [2.75, 3.05) is 19.6 Å². The zero-order valence-corrected chi connectivity index (χ0v) is 13.8. The summed E-state index contributed by atoms with van der Waals surface area (Å²) in [6.45, 7) is 2.37. The van der Waals surface area contributed by atoms with Gasteiger partial charge in [0.15, 0.2) is 5.78 Å². The van der Waals surface area contributed by atoms with Crippen molar-refractivity contribution in [2.24, 2.45) is 7.05 Å². The molecule has 0 spiro atoms. The fraction of sp³-hybridized carbons (Fsp3) is 0.333. The van der Waals surface area contributed by atoms with Gasteiger partial charge in [0.25, 0.3) is 0 Å². The van der Waals surface area contributed by atoms with E-state index in [-0.39, 0.29) is 11.6 Å². The smallest absolute Gasteiger partial charge is 0.210 e. The van der Waals surface area contributed by atoms with E-state index in [9.17, 15) is 9.59 Å². The van der Waals surface area contributed by atoms with Gasteiger partial charge in [0.2, 0.25) is 5.78 Å². The molecule has 5 heteroatoms. The van der Waals surface area contributed by atoms with Gasteiger partial charge < -0.3 is 4.57 Å². The van der Waals surface area contributed by atoms with Crippen LogP contribution >= 0.6 is 11.6 Å². The predicted octanol–water partition coefficient (Wildman–Crippen LogP) is 3.19. The summed E-state index contributed by atoms with van der Waals surface area (Å²) in [6.07, 6.45) is 4.03. The maximum atomic E-state index is 12.6. The Balaban J connectivity index is 1.82. The number of likely N-dealkylation sites (tertiary alicyclic amines) is 1. The fourth-order valence-electron chi connectivity index (χ4n) is 2.96. The first-order chi connectivity index (χ1) is 11.1. The third kappa shape index (κ3) is 3.38. The highest BCUT2D eigenvalue weighted by molar-refractivity contribution is 6.34. The Bertz CT molecular complexity index is 745. The van der Waals surface area contributed by atoms with Crippen molar-refractivity contribution in [3.05, 3.63) is 58.4 Å². The molecule has 1 aromatic heterocycles. The molecule has 0 bridgehead atoms. The number of halogens is 1. The SMILES string of the molecule is Cn1cc(C(=O)CN2CCCC2)cc1C(=O)c1ccccc1Cl. The number of ketones is 2.